The van der Waals surface area contributed by atoms with Crippen molar-refractivity contribution < 1.29 is 78.0 Å². The van der Waals surface area contributed by atoms with E-state index >= 15 is 0 Å². The molecule has 0 aliphatic carbocycles. The molecular formula is C10H17Na2O4P. The van der Waals surface area contributed by atoms with Gasteiger partial charge in [0.25, 0.3) is 0 Å². The van der Waals surface area contributed by atoms with Crippen LogP contribution < -0.4 is 68.9 Å². The first-order chi connectivity index (χ1) is 6.81. The molecule has 0 fully saturated rings. The van der Waals surface area contributed by atoms with E-state index in [1.54, 1.807) is 6.08 Å². The summed E-state index contributed by atoms with van der Waals surface area (Å²) in [7, 11) is -4.82. The zero-order valence-electron chi connectivity index (χ0n) is 11.4. The molecule has 0 heterocycles. The first-order valence-corrected chi connectivity index (χ1v) is 6.23. The molecule has 0 saturated carbocycles. The molecule has 7 heteroatoms. The Hall–Kier alpha value is 1.59. The van der Waals surface area contributed by atoms with E-state index in [1.165, 1.54) is 5.57 Å². The average molecular weight is 278 g/mol. The van der Waals surface area contributed by atoms with E-state index in [4.69, 9.17) is 0 Å². The SMILES string of the molecule is CC(C)=CCC/C(C)=C/COP(=O)([O-])[O-].[Na+].[Na+]. The van der Waals surface area contributed by atoms with Crippen LogP contribution in [0.1, 0.15) is 33.6 Å². The maximum Gasteiger partial charge on any atom is 1.00 e. The minimum Gasteiger partial charge on any atom is -0.790 e. The van der Waals surface area contributed by atoms with E-state index in [2.05, 4.69) is 10.6 Å². The Morgan fingerprint density at radius 2 is 1.71 bits per heavy atom. The first-order valence-electron chi connectivity index (χ1n) is 4.77. The summed E-state index contributed by atoms with van der Waals surface area (Å²) in [6.45, 7) is 5.76. The van der Waals surface area contributed by atoms with Gasteiger partial charge in [0.1, 0.15) is 0 Å². The van der Waals surface area contributed by atoms with Gasteiger partial charge in [-0.3, -0.25) is 0 Å². The largest absolute Gasteiger partial charge is 1.00 e. The normalized spacial score (nSPS) is 11.2. The molecule has 0 aliphatic rings. The zero-order valence-corrected chi connectivity index (χ0v) is 16.3. The van der Waals surface area contributed by atoms with Crippen LogP contribution in [0.25, 0.3) is 0 Å². The Kier molecular flexibility index (Phi) is 17.6. The van der Waals surface area contributed by atoms with Crippen molar-refractivity contribution >= 4 is 7.82 Å². The van der Waals surface area contributed by atoms with Crippen LogP contribution in [0.15, 0.2) is 23.3 Å². The standard InChI is InChI=1S/C10H19O4P.2Na/c1-9(2)5-4-6-10(3)7-8-14-15(11,12)13;;/h5,7H,4,6,8H2,1-3H3,(H2,11,12,13);;/q;2*+1/p-2/b10-7+;;. The fraction of sp³-hybridized carbons (Fsp3) is 0.600. The van der Waals surface area contributed by atoms with Gasteiger partial charge in [0.05, 0.1) is 14.4 Å². The molecule has 0 amide bonds. The predicted molar refractivity (Wildman–Crippen MR) is 56.0 cm³/mol. The topological polar surface area (TPSA) is 72.4 Å². The molecule has 0 N–H and O–H groups in total. The van der Waals surface area contributed by atoms with Gasteiger partial charge in [-0.15, -0.1) is 0 Å². The van der Waals surface area contributed by atoms with E-state index in [0.29, 0.717) is 0 Å². The number of hydrogen-bond acceptors (Lipinski definition) is 4. The molecule has 0 saturated heterocycles. The third kappa shape index (κ3) is 20.1. The summed E-state index contributed by atoms with van der Waals surface area (Å²) in [4.78, 5) is 20.3. The molecule has 0 aromatic heterocycles. The fourth-order valence-electron chi connectivity index (χ4n) is 0.961. The van der Waals surface area contributed by atoms with Gasteiger partial charge in [-0.25, -0.2) is 0 Å². The molecule has 4 nitrogen and oxygen atoms in total. The van der Waals surface area contributed by atoms with Crippen molar-refractivity contribution in [3.8, 4) is 0 Å². The fourth-order valence-corrected chi connectivity index (χ4v) is 1.22. The summed E-state index contributed by atoms with van der Waals surface area (Å²) >= 11 is 0. The second kappa shape index (κ2) is 12.6. The average Bonchev–Trinajstić information content (AvgIpc) is 2.00. The third-order valence-electron chi connectivity index (χ3n) is 1.76. The molecule has 0 aromatic carbocycles. The van der Waals surface area contributed by atoms with E-state index < -0.39 is 7.82 Å². The molecule has 17 heavy (non-hydrogen) atoms. The second-order valence-corrected chi connectivity index (χ2v) is 4.77. The Morgan fingerprint density at radius 1 is 1.18 bits per heavy atom. The first kappa shape index (κ1) is 23.7. The molecule has 0 radical (unpaired) electrons. The van der Waals surface area contributed by atoms with Crippen LogP contribution in [-0.2, 0) is 9.09 Å². The van der Waals surface area contributed by atoms with Crippen molar-refractivity contribution in [3.05, 3.63) is 23.3 Å². The third-order valence-corrected chi connectivity index (χ3v) is 2.22. The van der Waals surface area contributed by atoms with Crippen molar-refractivity contribution in [2.24, 2.45) is 0 Å². The number of rotatable bonds is 6. The Balaban J connectivity index is -0.000000980. The van der Waals surface area contributed by atoms with Crippen LogP contribution in [0.2, 0.25) is 0 Å². The summed E-state index contributed by atoms with van der Waals surface area (Å²) < 4.78 is 14.2. The molecule has 0 bridgehead atoms. The summed E-state index contributed by atoms with van der Waals surface area (Å²) in [6, 6.07) is 0. The smallest absolute Gasteiger partial charge is 0.790 e. The van der Waals surface area contributed by atoms with Crippen LogP contribution in [0.4, 0.5) is 0 Å². The minimum absolute atomic E-state index is 0. The van der Waals surface area contributed by atoms with Gasteiger partial charge in [0.2, 0.25) is 0 Å². The summed E-state index contributed by atoms with van der Waals surface area (Å²) in [5, 5.41) is 0. The van der Waals surface area contributed by atoms with Crippen molar-refractivity contribution in [2.45, 2.75) is 33.6 Å². The maximum absolute atomic E-state index is 10.1. The van der Waals surface area contributed by atoms with Crippen LogP contribution >= 0.6 is 7.82 Å². The number of allylic oxidation sites excluding steroid dienone is 3. The van der Waals surface area contributed by atoms with Crippen LogP contribution in [0.3, 0.4) is 0 Å². The summed E-state index contributed by atoms with van der Waals surface area (Å²) in [6.07, 6.45) is 5.47. The van der Waals surface area contributed by atoms with Gasteiger partial charge in [-0.05, 0) is 33.6 Å². The Labute approximate surface area is 148 Å². The van der Waals surface area contributed by atoms with Gasteiger partial charge in [-0.1, -0.05) is 23.3 Å². The number of phosphoric acid groups is 1. The van der Waals surface area contributed by atoms with Gasteiger partial charge >= 0.3 is 59.1 Å². The van der Waals surface area contributed by atoms with E-state index in [-0.39, 0.29) is 65.7 Å². The van der Waals surface area contributed by atoms with E-state index in [9.17, 15) is 14.4 Å². The molecule has 0 atom stereocenters. The molecule has 0 aliphatic heterocycles. The maximum atomic E-state index is 10.1. The van der Waals surface area contributed by atoms with Crippen LogP contribution in [-0.4, -0.2) is 6.61 Å². The predicted octanol–water partition coefficient (Wildman–Crippen LogP) is -4.47. The molecule has 0 spiro atoms. The van der Waals surface area contributed by atoms with Gasteiger partial charge in [-0.2, -0.15) is 0 Å². The van der Waals surface area contributed by atoms with Crippen molar-refractivity contribution in [3.63, 3.8) is 0 Å². The van der Waals surface area contributed by atoms with Crippen LogP contribution in [0.5, 0.6) is 0 Å². The second-order valence-electron chi connectivity index (χ2n) is 3.61. The zero-order chi connectivity index (χ0) is 11.9. The Bertz CT molecular complexity index is 293. The van der Waals surface area contributed by atoms with Gasteiger partial charge in [0.15, 0.2) is 0 Å². The van der Waals surface area contributed by atoms with Gasteiger partial charge in [0, 0.05) is 0 Å². The van der Waals surface area contributed by atoms with Crippen molar-refractivity contribution in [1.82, 2.24) is 0 Å². The minimum atomic E-state index is -4.82. The molecule has 88 valence electrons. The van der Waals surface area contributed by atoms with Crippen molar-refractivity contribution in [2.75, 3.05) is 6.61 Å². The van der Waals surface area contributed by atoms with E-state index in [0.717, 1.165) is 18.4 Å². The summed E-state index contributed by atoms with van der Waals surface area (Å²) in [5.74, 6) is 0. The summed E-state index contributed by atoms with van der Waals surface area (Å²) in [5.41, 5.74) is 2.27. The quantitative estimate of drug-likeness (QED) is 0.279. The van der Waals surface area contributed by atoms with Crippen LogP contribution in [0, 0.1) is 0 Å². The van der Waals surface area contributed by atoms with E-state index in [1.807, 2.05) is 20.8 Å². The number of phosphoric ester groups is 1. The molecule has 0 unspecified atom stereocenters. The Morgan fingerprint density at radius 3 is 2.12 bits per heavy atom. The van der Waals surface area contributed by atoms with Crippen molar-refractivity contribution in [1.29, 1.82) is 0 Å². The number of hydrogen-bond donors (Lipinski definition) is 0. The molecular weight excluding hydrogens is 261 g/mol. The molecule has 0 aromatic rings. The van der Waals surface area contributed by atoms with Gasteiger partial charge < -0.3 is 18.9 Å². The molecule has 0 rings (SSSR count). The monoisotopic (exact) mass is 278 g/mol.